The summed E-state index contributed by atoms with van der Waals surface area (Å²) in [7, 11) is 1.61. The number of methoxy groups -OCH3 is 1. The van der Waals surface area contributed by atoms with E-state index in [1.54, 1.807) is 31.4 Å². The van der Waals surface area contributed by atoms with Gasteiger partial charge in [-0.1, -0.05) is 11.6 Å². The first-order chi connectivity index (χ1) is 13.1. The summed E-state index contributed by atoms with van der Waals surface area (Å²) in [6, 6.07) is 13.9. The van der Waals surface area contributed by atoms with Gasteiger partial charge in [0.05, 0.1) is 13.7 Å². The number of nitrogens with one attached hydrogen (secondary N) is 2. The van der Waals surface area contributed by atoms with Crippen LogP contribution in [0.3, 0.4) is 0 Å². The van der Waals surface area contributed by atoms with Gasteiger partial charge in [0, 0.05) is 23.6 Å². The van der Waals surface area contributed by atoms with Crippen molar-refractivity contribution in [1.82, 2.24) is 10.6 Å². The fourth-order valence-corrected chi connectivity index (χ4v) is 2.40. The SMILES string of the molecule is COc1ccc(OCCNC(=O)CCCNC(=O)c2ccc(Cl)cc2)cc1. The number of hydrogen-bond donors (Lipinski definition) is 2. The second kappa shape index (κ2) is 11.1. The van der Waals surface area contributed by atoms with E-state index >= 15 is 0 Å². The van der Waals surface area contributed by atoms with Crippen molar-refractivity contribution in [3.8, 4) is 11.5 Å². The molecule has 7 heteroatoms. The zero-order valence-corrected chi connectivity index (χ0v) is 15.9. The Bertz CT molecular complexity index is 733. The first-order valence-corrected chi connectivity index (χ1v) is 9.03. The van der Waals surface area contributed by atoms with Crippen LogP contribution in [0.25, 0.3) is 0 Å². The zero-order chi connectivity index (χ0) is 19.5. The smallest absolute Gasteiger partial charge is 0.251 e. The van der Waals surface area contributed by atoms with Gasteiger partial charge in [-0.3, -0.25) is 9.59 Å². The van der Waals surface area contributed by atoms with Crippen molar-refractivity contribution < 1.29 is 19.1 Å². The van der Waals surface area contributed by atoms with E-state index in [4.69, 9.17) is 21.1 Å². The van der Waals surface area contributed by atoms with Crippen molar-refractivity contribution in [1.29, 1.82) is 0 Å². The number of halogens is 1. The van der Waals surface area contributed by atoms with Crippen LogP contribution < -0.4 is 20.1 Å². The molecule has 0 radical (unpaired) electrons. The van der Waals surface area contributed by atoms with Gasteiger partial charge in [0.25, 0.3) is 5.91 Å². The third kappa shape index (κ3) is 7.58. The Labute approximate surface area is 163 Å². The van der Waals surface area contributed by atoms with E-state index in [1.165, 1.54) is 0 Å². The van der Waals surface area contributed by atoms with Crippen LogP contribution in [-0.4, -0.2) is 38.6 Å². The summed E-state index contributed by atoms with van der Waals surface area (Å²) in [6.45, 7) is 1.23. The maximum absolute atomic E-state index is 11.9. The van der Waals surface area contributed by atoms with E-state index in [0.717, 1.165) is 11.5 Å². The number of rotatable bonds is 10. The predicted molar refractivity (Wildman–Crippen MR) is 105 cm³/mol. The molecule has 2 rings (SSSR count). The summed E-state index contributed by atoms with van der Waals surface area (Å²) in [5, 5.41) is 6.14. The number of carbonyl (C=O) groups is 2. The normalized spacial score (nSPS) is 10.1. The second-order valence-corrected chi connectivity index (χ2v) is 6.18. The lowest BCUT2D eigenvalue weighted by molar-refractivity contribution is -0.121. The standard InChI is InChI=1S/C20H23ClN2O4/c1-26-17-8-10-18(11-9-17)27-14-13-22-19(24)3-2-12-23-20(25)15-4-6-16(21)7-5-15/h4-11H,2-3,12-14H2,1H3,(H,22,24)(H,23,25). The largest absolute Gasteiger partial charge is 0.497 e. The van der Waals surface area contributed by atoms with Crippen LogP contribution in [0.4, 0.5) is 0 Å². The van der Waals surface area contributed by atoms with Gasteiger partial charge in [0.15, 0.2) is 0 Å². The minimum atomic E-state index is -0.181. The maximum Gasteiger partial charge on any atom is 0.251 e. The summed E-state index contributed by atoms with van der Waals surface area (Å²) >= 11 is 5.79. The highest BCUT2D eigenvalue weighted by molar-refractivity contribution is 6.30. The van der Waals surface area contributed by atoms with Gasteiger partial charge in [-0.2, -0.15) is 0 Å². The molecule has 0 spiro atoms. The fourth-order valence-electron chi connectivity index (χ4n) is 2.27. The quantitative estimate of drug-likeness (QED) is 0.611. The lowest BCUT2D eigenvalue weighted by atomic mass is 10.2. The second-order valence-electron chi connectivity index (χ2n) is 5.74. The van der Waals surface area contributed by atoms with E-state index in [9.17, 15) is 9.59 Å². The maximum atomic E-state index is 11.9. The third-order valence-corrected chi connectivity index (χ3v) is 3.98. The van der Waals surface area contributed by atoms with Crippen LogP contribution in [-0.2, 0) is 4.79 Å². The molecule has 0 atom stereocenters. The Kier molecular flexibility index (Phi) is 8.45. The Morgan fingerprint density at radius 1 is 0.926 bits per heavy atom. The minimum Gasteiger partial charge on any atom is -0.497 e. The minimum absolute atomic E-state index is 0.0749. The van der Waals surface area contributed by atoms with Gasteiger partial charge >= 0.3 is 0 Å². The third-order valence-electron chi connectivity index (χ3n) is 3.72. The van der Waals surface area contributed by atoms with Crippen molar-refractivity contribution >= 4 is 23.4 Å². The van der Waals surface area contributed by atoms with Crippen LogP contribution in [0, 0.1) is 0 Å². The summed E-state index contributed by atoms with van der Waals surface area (Å²) in [4.78, 5) is 23.7. The summed E-state index contributed by atoms with van der Waals surface area (Å²) in [5.41, 5.74) is 0.541. The van der Waals surface area contributed by atoms with Gasteiger partial charge in [0.2, 0.25) is 5.91 Å². The van der Waals surface area contributed by atoms with Crippen molar-refractivity contribution in [3.05, 3.63) is 59.1 Å². The molecule has 2 N–H and O–H groups in total. The molecule has 0 heterocycles. The average molecular weight is 391 g/mol. The number of hydrogen-bond acceptors (Lipinski definition) is 4. The molecule has 2 aromatic carbocycles. The number of ether oxygens (including phenoxy) is 2. The van der Waals surface area contributed by atoms with E-state index in [1.807, 2.05) is 24.3 Å². The molecule has 27 heavy (non-hydrogen) atoms. The van der Waals surface area contributed by atoms with E-state index in [0.29, 0.717) is 43.1 Å². The highest BCUT2D eigenvalue weighted by atomic mass is 35.5. The number of carbonyl (C=O) groups excluding carboxylic acids is 2. The molecule has 2 amide bonds. The van der Waals surface area contributed by atoms with Gasteiger partial charge < -0.3 is 20.1 Å². The van der Waals surface area contributed by atoms with Gasteiger partial charge in [-0.05, 0) is 55.0 Å². The average Bonchev–Trinajstić information content (AvgIpc) is 2.69. The molecule has 0 aromatic heterocycles. The molecule has 0 unspecified atom stereocenters. The van der Waals surface area contributed by atoms with Crippen LogP contribution in [0.1, 0.15) is 23.2 Å². The lowest BCUT2D eigenvalue weighted by Gasteiger charge is -2.09. The molecule has 2 aromatic rings. The van der Waals surface area contributed by atoms with Crippen LogP contribution in [0.15, 0.2) is 48.5 Å². The van der Waals surface area contributed by atoms with Crippen molar-refractivity contribution in [3.63, 3.8) is 0 Å². The zero-order valence-electron chi connectivity index (χ0n) is 15.2. The molecule has 0 aliphatic carbocycles. The van der Waals surface area contributed by atoms with Crippen molar-refractivity contribution in [2.45, 2.75) is 12.8 Å². The Balaban J connectivity index is 1.54. The van der Waals surface area contributed by atoms with E-state index in [2.05, 4.69) is 10.6 Å². The summed E-state index contributed by atoms with van der Waals surface area (Å²) in [6.07, 6.45) is 0.897. The molecule has 0 aliphatic heterocycles. The van der Waals surface area contributed by atoms with Crippen LogP contribution in [0.5, 0.6) is 11.5 Å². The molecule has 0 saturated heterocycles. The molecule has 144 valence electrons. The summed E-state index contributed by atoms with van der Waals surface area (Å²) in [5.74, 6) is 1.22. The Morgan fingerprint density at radius 3 is 2.26 bits per heavy atom. The molecule has 0 saturated carbocycles. The molecule has 6 nitrogen and oxygen atoms in total. The van der Waals surface area contributed by atoms with E-state index < -0.39 is 0 Å². The predicted octanol–water partition coefficient (Wildman–Crippen LogP) is 3.05. The summed E-state index contributed by atoms with van der Waals surface area (Å²) < 4.78 is 10.6. The molecule has 0 aliphatic rings. The van der Waals surface area contributed by atoms with Crippen molar-refractivity contribution in [2.24, 2.45) is 0 Å². The van der Waals surface area contributed by atoms with Crippen molar-refractivity contribution in [2.75, 3.05) is 26.8 Å². The van der Waals surface area contributed by atoms with E-state index in [-0.39, 0.29) is 11.8 Å². The number of amides is 2. The first-order valence-electron chi connectivity index (χ1n) is 8.66. The van der Waals surface area contributed by atoms with Crippen LogP contribution in [0.2, 0.25) is 5.02 Å². The highest BCUT2D eigenvalue weighted by Gasteiger charge is 2.05. The molecule has 0 bridgehead atoms. The topological polar surface area (TPSA) is 76.7 Å². The monoisotopic (exact) mass is 390 g/mol. The first kappa shape index (κ1) is 20.6. The molecular weight excluding hydrogens is 368 g/mol. The van der Waals surface area contributed by atoms with Gasteiger partial charge in [-0.15, -0.1) is 0 Å². The Hall–Kier alpha value is -2.73. The number of benzene rings is 2. The van der Waals surface area contributed by atoms with Gasteiger partial charge in [0.1, 0.15) is 18.1 Å². The Morgan fingerprint density at radius 2 is 1.59 bits per heavy atom. The highest BCUT2D eigenvalue weighted by Crippen LogP contribution is 2.16. The lowest BCUT2D eigenvalue weighted by Crippen LogP contribution is -2.29. The molecular formula is C20H23ClN2O4. The fraction of sp³-hybridized carbons (Fsp3) is 0.300. The van der Waals surface area contributed by atoms with Gasteiger partial charge in [-0.25, -0.2) is 0 Å². The molecule has 0 fully saturated rings. The van der Waals surface area contributed by atoms with Crippen LogP contribution >= 0.6 is 11.6 Å².